The molecule has 1 saturated carbocycles. The molecule has 1 aliphatic carbocycles. The Labute approximate surface area is 125 Å². The Morgan fingerprint density at radius 3 is 2.52 bits per heavy atom. The molecule has 1 amide bonds. The highest BCUT2D eigenvalue weighted by Crippen LogP contribution is 2.34. The molecule has 1 aliphatic rings. The van der Waals surface area contributed by atoms with Crippen LogP contribution in [0.5, 0.6) is 0 Å². The third-order valence-corrected chi connectivity index (χ3v) is 3.67. The SMILES string of the molecule is Cc1noc(C2CCC(CNC(=O)OC(C)(C)C)CC2)n1. The third-order valence-electron chi connectivity index (χ3n) is 3.67. The first-order valence-electron chi connectivity index (χ1n) is 7.60. The molecule has 0 aromatic carbocycles. The number of nitrogens with zero attached hydrogens (tertiary/aromatic N) is 2. The van der Waals surface area contributed by atoms with Gasteiger partial charge in [0.05, 0.1) is 0 Å². The highest BCUT2D eigenvalue weighted by atomic mass is 16.6. The number of aryl methyl sites for hydroxylation is 1. The van der Waals surface area contributed by atoms with Gasteiger partial charge < -0.3 is 14.6 Å². The maximum atomic E-state index is 11.6. The van der Waals surface area contributed by atoms with Crippen molar-refractivity contribution in [3.05, 3.63) is 11.7 Å². The van der Waals surface area contributed by atoms with Gasteiger partial charge in [0.25, 0.3) is 0 Å². The van der Waals surface area contributed by atoms with Crippen molar-refractivity contribution in [2.24, 2.45) is 5.92 Å². The normalized spacial score (nSPS) is 22.9. The van der Waals surface area contributed by atoms with Crippen molar-refractivity contribution in [1.82, 2.24) is 15.5 Å². The van der Waals surface area contributed by atoms with Gasteiger partial charge in [0.15, 0.2) is 5.82 Å². The molecule has 6 heteroatoms. The van der Waals surface area contributed by atoms with E-state index in [0.29, 0.717) is 24.2 Å². The molecule has 0 bridgehead atoms. The van der Waals surface area contributed by atoms with E-state index in [1.807, 2.05) is 27.7 Å². The van der Waals surface area contributed by atoms with E-state index in [2.05, 4.69) is 15.5 Å². The molecule has 1 heterocycles. The van der Waals surface area contributed by atoms with E-state index in [-0.39, 0.29) is 6.09 Å². The maximum absolute atomic E-state index is 11.6. The Morgan fingerprint density at radius 2 is 2.00 bits per heavy atom. The molecule has 2 rings (SSSR count). The van der Waals surface area contributed by atoms with Crippen LogP contribution in [-0.4, -0.2) is 28.4 Å². The van der Waals surface area contributed by atoms with Gasteiger partial charge in [0.1, 0.15) is 5.60 Å². The average molecular weight is 295 g/mol. The van der Waals surface area contributed by atoms with Crippen LogP contribution in [0.25, 0.3) is 0 Å². The van der Waals surface area contributed by atoms with E-state index in [9.17, 15) is 4.79 Å². The summed E-state index contributed by atoms with van der Waals surface area (Å²) < 4.78 is 10.5. The van der Waals surface area contributed by atoms with Crippen LogP contribution in [0.1, 0.15) is 64.1 Å². The predicted octanol–water partition coefficient (Wildman–Crippen LogP) is 3.18. The van der Waals surface area contributed by atoms with Gasteiger partial charge in [-0.05, 0) is 59.3 Å². The molecule has 1 aromatic heterocycles. The molecule has 1 fully saturated rings. The molecule has 1 aromatic rings. The van der Waals surface area contributed by atoms with E-state index >= 15 is 0 Å². The van der Waals surface area contributed by atoms with Crippen LogP contribution < -0.4 is 5.32 Å². The highest BCUT2D eigenvalue weighted by molar-refractivity contribution is 5.67. The molecule has 0 radical (unpaired) electrons. The van der Waals surface area contributed by atoms with Gasteiger partial charge in [0, 0.05) is 12.5 Å². The van der Waals surface area contributed by atoms with Crippen LogP contribution in [0.15, 0.2) is 4.52 Å². The summed E-state index contributed by atoms with van der Waals surface area (Å²) in [4.78, 5) is 15.9. The number of aromatic nitrogens is 2. The van der Waals surface area contributed by atoms with Gasteiger partial charge in [-0.2, -0.15) is 4.98 Å². The molecular weight excluding hydrogens is 270 g/mol. The lowest BCUT2D eigenvalue weighted by molar-refractivity contribution is 0.0514. The van der Waals surface area contributed by atoms with Gasteiger partial charge in [-0.1, -0.05) is 5.16 Å². The summed E-state index contributed by atoms with van der Waals surface area (Å²) in [7, 11) is 0. The Morgan fingerprint density at radius 1 is 1.33 bits per heavy atom. The summed E-state index contributed by atoms with van der Waals surface area (Å²) in [6, 6.07) is 0. The van der Waals surface area contributed by atoms with Crippen molar-refractivity contribution in [2.75, 3.05) is 6.54 Å². The second-order valence-electron chi connectivity index (χ2n) is 6.78. The predicted molar refractivity (Wildman–Crippen MR) is 78.0 cm³/mol. The minimum Gasteiger partial charge on any atom is -0.444 e. The zero-order chi connectivity index (χ0) is 15.5. The van der Waals surface area contributed by atoms with Crippen molar-refractivity contribution in [3.8, 4) is 0 Å². The molecule has 0 atom stereocenters. The lowest BCUT2D eigenvalue weighted by Gasteiger charge is -2.27. The quantitative estimate of drug-likeness (QED) is 0.926. The summed E-state index contributed by atoms with van der Waals surface area (Å²) in [6.07, 6.45) is 3.84. The Hall–Kier alpha value is -1.59. The first-order chi connectivity index (χ1) is 9.83. The minimum atomic E-state index is -0.447. The molecule has 21 heavy (non-hydrogen) atoms. The van der Waals surface area contributed by atoms with Gasteiger partial charge >= 0.3 is 6.09 Å². The van der Waals surface area contributed by atoms with Crippen molar-refractivity contribution in [2.45, 2.75) is 64.9 Å². The first kappa shape index (κ1) is 15.8. The lowest BCUT2D eigenvalue weighted by Crippen LogP contribution is -2.36. The second-order valence-corrected chi connectivity index (χ2v) is 6.78. The summed E-state index contributed by atoms with van der Waals surface area (Å²) >= 11 is 0. The Kier molecular flexibility index (Phi) is 4.85. The highest BCUT2D eigenvalue weighted by Gasteiger charge is 2.26. The van der Waals surface area contributed by atoms with Crippen LogP contribution in [0, 0.1) is 12.8 Å². The number of carbonyl (C=O) groups excluding carboxylic acids is 1. The minimum absolute atomic E-state index is 0.336. The molecule has 118 valence electrons. The fourth-order valence-corrected chi connectivity index (χ4v) is 2.63. The van der Waals surface area contributed by atoms with Crippen molar-refractivity contribution in [1.29, 1.82) is 0 Å². The summed E-state index contributed by atoms with van der Waals surface area (Å²) in [5, 5.41) is 6.70. The van der Waals surface area contributed by atoms with Crippen molar-refractivity contribution in [3.63, 3.8) is 0 Å². The number of hydrogen-bond acceptors (Lipinski definition) is 5. The van der Waals surface area contributed by atoms with Gasteiger partial charge in [-0.25, -0.2) is 4.79 Å². The summed E-state index contributed by atoms with van der Waals surface area (Å²) in [6.45, 7) is 8.10. The zero-order valence-corrected chi connectivity index (χ0v) is 13.3. The lowest BCUT2D eigenvalue weighted by atomic mass is 9.82. The number of amides is 1. The first-order valence-corrected chi connectivity index (χ1v) is 7.60. The fourth-order valence-electron chi connectivity index (χ4n) is 2.63. The third kappa shape index (κ3) is 5.02. The van der Waals surface area contributed by atoms with Crippen LogP contribution in [0.2, 0.25) is 0 Å². The number of nitrogens with one attached hydrogen (secondary N) is 1. The number of ether oxygens (including phenoxy) is 1. The summed E-state index contributed by atoms with van der Waals surface area (Å²) in [5.74, 6) is 2.31. The standard InChI is InChI=1S/C15H25N3O3/c1-10-17-13(21-18-10)12-7-5-11(6-8-12)9-16-14(19)20-15(2,3)4/h11-12H,5-9H2,1-4H3,(H,16,19). The topological polar surface area (TPSA) is 77.2 Å². The van der Waals surface area contributed by atoms with E-state index < -0.39 is 5.60 Å². The molecular formula is C15H25N3O3. The van der Waals surface area contributed by atoms with E-state index in [1.165, 1.54) is 0 Å². The van der Waals surface area contributed by atoms with Crippen LogP contribution in [0.4, 0.5) is 4.79 Å². The van der Waals surface area contributed by atoms with Crippen LogP contribution >= 0.6 is 0 Å². The summed E-state index contributed by atoms with van der Waals surface area (Å²) in [5.41, 5.74) is -0.447. The number of rotatable bonds is 3. The van der Waals surface area contributed by atoms with Gasteiger partial charge in [-0.15, -0.1) is 0 Å². The fraction of sp³-hybridized carbons (Fsp3) is 0.800. The second kappa shape index (κ2) is 6.45. The van der Waals surface area contributed by atoms with Crippen LogP contribution in [0.3, 0.4) is 0 Å². The molecule has 0 unspecified atom stereocenters. The number of alkyl carbamates (subject to hydrolysis) is 1. The van der Waals surface area contributed by atoms with Gasteiger partial charge in [0.2, 0.25) is 5.89 Å². The Balaban J connectivity index is 1.71. The number of carbonyl (C=O) groups is 1. The molecule has 0 saturated heterocycles. The van der Waals surface area contributed by atoms with Crippen molar-refractivity contribution >= 4 is 6.09 Å². The molecule has 0 aliphatic heterocycles. The Bertz CT molecular complexity index is 471. The molecule has 1 N–H and O–H groups in total. The largest absolute Gasteiger partial charge is 0.444 e. The van der Waals surface area contributed by atoms with Crippen LogP contribution in [-0.2, 0) is 4.74 Å². The number of hydrogen-bond donors (Lipinski definition) is 1. The van der Waals surface area contributed by atoms with Gasteiger partial charge in [-0.3, -0.25) is 0 Å². The monoisotopic (exact) mass is 295 g/mol. The zero-order valence-electron chi connectivity index (χ0n) is 13.3. The van der Waals surface area contributed by atoms with E-state index in [4.69, 9.17) is 9.26 Å². The van der Waals surface area contributed by atoms with E-state index in [1.54, 1.807) is 0 Å². The smallest absolute Gasteiger partial charge is 0.407 e. The molecule has 6 nitrogen and oxygen atoms in total. The van der Waals surface area contributed by atoms with E-state index in [0.717, 1.165) is 31.6 Å². The van der Waals surface area contributed by atoms with Crippen molar-refractivity contribution < 1.29 is 14.1 Å². The molecule has 0 spiro atoms. The maximum Gasteiger partial charge on any atom is 0.407 e. The average Bonchev–Trinajstić information content (AvgIpc) is 2.82.